The number of nitrogens with one attached hydrogen (secondary N) is 1. The summed E-state index contributed by atoms with van der Waals surface area (Å²) in [4.78, 5) is 0. The Balaban J connectivity index is 2.14. The average molecular weight is 251 g/mol. The van der Waals surface area contributed by atoms with E-state index in [9.17, 15) is 5.11 Å². The molecule has 3 heteroatoms. The van der Waals surface area contributed by atoms with E-state index in [1.54, 1.807) is 6.07 Å². The summed E-state index contributed by atoms with van der Waals surface area (Å²) in [5.74, 6) is 0.358. The number of rotatable bonds is 9. The number of ether oxygens (including phenoxy) is 1. The van der Waals surface area contributed by atoms with Gasteiger partial charge in [-0.2, -0.15) is 0 Å². The maximum Gasteiger partial charge on any atom is 0.120 e. The fraction of sp³-hybridized carbons (Fsp3) is 0.600. The number of phenolic OH excluding ortho intramolecular Hbond substituents is 1. The molecular formula is C15H25NO2. The van der Waals surface area contributed by atoms with Crippen LogP contribution in [0.1, 0.15) is 44.7 Å². The number of para-hydroxylation sites is 1. The Labute approximate surface area is 110 Å². The molecule has 0 aliphatic heterocycles. The predicted molar refractivity (Wildman–Crippen MR) is 74.9 cm³/mol. The van der Waals surface area contributed by atoms with Crippen molar-refractivity contribution in [2.45, 2.75) is 39.2 Å². The molecule has 3 nitrogen and oxygen atoms in total. The Morgan fingerprint density at radius 2 is 1.94 bits per heavy atom. The first kappa shape index (κ1) is 15.0. The molecule has 0 fully saturated rings. The summed E-state index contributed by atoms with van der Waals surface area (Å²) >= 11 is 0. The van der Waals surface area contributed by atoms with Crippen LogP contribution >= 0.6 is 0 Å². The maximum atomic E-state index is 9.72. The zero-order chi connectivity index (χ0) is 13.2. The largest absolute Gasteiger partial charge is 0.508 e. The molecule has 0 bridgehead atoms. The molecule has 0 heterocycles. The van der Waals surface area contributed by atoms with Crippen LogP contribution in [-0.2, 0) is 4.74 Å². The van der Waals surface area contributed by atoms with Gasteiger partial charge < -0.3 is 15.2 Å². The van der Waals surface area contributed by atoms with Gasteiger partial charge >= 0.3 is 0 Å². The van der Waals surface area contributed by atoms with Crippen LogP contribution in [-0.4, -0.2) is 24.9 Å². The smallest absolute Gasteiger partial charge is 0.120 e. The molecule has 2 N–H and O–H groups in total. The Hall–Kier alpha value is -1.06. The molecular weight excluding hydrogens is 226 g/mol. The molecule has 0 radical (unpaired) electrons. The first-order valence-electron chi connectivity index (χ1n) is 6.84. The summed E-state index contributed by atoms with van der Waals surface area (Å²) in [5.41, 5.74) is 0.949. The summed E-state index contributed by atoms with van der Waals surface area (Å²) in [6.07, 6.45) is 3.33. The third kappa shape index (κ3) is 5.52. The molecule has 102 valence electrons. The predicted octanol–water partition coefficient (Wildman–Crippen LogP) is 3.25. The number of aromatic hydroxyl groups is 1. The lowest BCUT2D eigenvalue weighted by molar-refractivity contribution is 0.128. The topological polar surface area (TPSA) is 41.5 Å². The second kappa shape index (κ2) is 8.95. The van der Waals surface area contributed by atoms with Crippen LogP contribution in [0.4, 0.5) is 0 Å². The van der Waals surface area contributed by atoms with Crippen LogP contribution in [0.3, 0.4) is 0 Å². The van der Waals surface area contributed by atoms with Crippen molar-refractivity contribution in [3.8, 4) is 5.75 Å². The van der Waals surface area contributed by atoms with Crippen LogP contribution in [0, 0.1) is 0 Å². The lowest BCUT2D eigenvalue weighted by Gasteiger charge is -2.15. The molecule has 0 saturated heterocycles. The van der Waals surface area contributed by atoms with Crippen LogP contribution in [0.15, 0.2) is 24.3 Å². The van der Waals surface area contributed by atoms with Gasteiger partial charge in [0.15, 0.2) is 0 Å². The lowest BCUT2D eigenvalue weighted by Crippen LogP contribution is -2.21. The highest BCUT2D eigenvalue weighted by molar-refractivity contribution is 5.33. The van der Waals surface area contributed by atoms with Gasteiger partial charge in [0.05, 0.1) is 0 Å². The van der Waals surface area contributed by atoms with Crippen molar-refractivity contribution in [2.24, 2.45) is 0 Å². The Morgan fingerprint density at radius 1 is 1.22 bits per heavy atom. The molecule has 0 aliphatic carbocycles. The fourth-order valence-electron chi connectivity index (χ4n) is 1.80. The van der Waals surface area contributed by atoms with Crippen molar-refractivity contribution in [1.82, 2.24) is 5.32 Å². The minimum absolute atomic E-state index is 0.168. The van der Waals surface area contributed by atoms with E-state index in [4.69, 9.17) is 4.74 Å². The third-order valence-electron chi connectivity index (χ3n) is 2.96. The third-order valence-corrected chi connectivity index (χ3v) is 2.96. The first-order valence-corrected chi connectivity index (χ1v) is 6.84. The van der Waals surface area contributed by atoms with Crippen molar-refractivity contribution in [1.29, 1.82) is 0 Å². The minimum Gasteiger partial charge on any atom is -0.508 e. The standard InChI is InChI=1S/C15H25NO2/c1-3-4-11-18-12-7-10-16-13(2)14-8-5-6-9-15(14)17/h5-6,8-9,13,16-17H,3-4,7,10-12H2,1-2H3. The molecule has 0 aromatic heterocycles. The highest BCUT2D eigenvalue weighted by atomic mass is 16.5. The van der Waals surface area contributed by atoms with Crippen LogP contribution in [0.2, 0.25) is 0 Å². The van der Waals surface area contributed by atoms with Crippen molar-refractivity contribution < 1.29 is 9.84 Å². The van der Waals surface area contributed by atoms with E-state index in [0.29, 0.717) is 5.75 Å². The average Bonchev–Trinajstić information content (AvgIpc) is 2.38. The van der Waals surface area contributed by atoms with Gasteiger partial charge in [-0.1, -0.05) is 31.5 Å². The van der Waals surface area contributed by atoms with E-state index in [-0.39, 0.29) is 6.04 Å². The molecule has 0 saturated carbocycles. The minimum atomic E-state index is 0.168. The molecule has 1 aromatic rings. The van der Waals surface area contributed by atoms with E-state index < -0.39 is 0 Å². The highest BCUT2D eigenvalue weighted by Gasteiger charge is 2.07. The zero-order valence-corrected chi connectivity index (χ0v) is 11.5. The Kier molecular flexibility index (Phi) is 7.46. The van der Waals surface area contributed by atoms with Gasteiger partial charge in [-0.3, -0.25) is 0 Å². The summed E-state index contributed by atoms with van der Waals surface area (Å²) in [5, 5.41) is 13.1. The second-order valence-corrected chi connectivity index (χ2v) is 4.55. The number of benzene rings is 1. The van der Waals surface area contributed by atoms with Gasteiger partial charge in [0.1, 0.15) is 5.75 Å². The van der Waals surface area contributed by atoms with Crippen LogP contribution in [0.5, 0.6) is 5.75 Å². The van der Waals surface area contributed by atoms with Gasteiger partial charge in [0.2, 0.25) is 0 Å². The quantitative estimate of drug-likeness (QED) is 0.662. The Morgan fingerprint density at radius 3 is 2.67 bits per heavy atom. The molecule has 0 amide bonds. The van der Waals surface area contributed by atoms with Crippen molar-refractivity contribution in [3.63, 3.8) is 0 Å². The molecule has 0 aliphatic rings. The van der Waals surface area contributed by atoms with Gasteiger partial charge in [-0.05, 0) is 32.4 Å². The highest BCUT2D eigenvalue weighted by Crippen LogP contribution is 2.22. The second-order valence-electron chi connectivity index (χ2n) is 4.55. The molecule has 1 rings (SSSR count). The summed E-state index contributed by atoms with van der Waals surface area (Å²) in [7, 11) is 0. The number of hydrogen-bond donors (Lipinski definition) is 2. The number of phenols is 1. The molecule has 18 heavy (non-hydrogen) atoms. The van der Waals surface area contributed by atoms with E-state index in [2.05, 4.69) is 19.2 Å². The Bertz CT molecular complexity index is 328. The molecule has 1 atom stereocenters. The van der Waals surface area contributed by atoms with Gasteiger partial charge in [-0.15, -0.1) is 0 Å². The van der Waals surface area contributed by atoms with Crippen LogP contribution in [0.25, 0.3) is 0 Å². The summed E-state index contributed by atoms with van der Waals surface area (Å²) < 4.78 is 5.50. The summed E-state index contributed by atoms with van der Waals surface area (Å²) in [6, 6.07) is 7.63. The van der Waals surface area contributed by atoms with Crippen molar-refractivity contribution in [3.05, 3.63) is 29.8 Å². The van der Waals surface area contributed by atoms with Gasteiger partial charge in [0.25, 0.3) is 0 Å². The maximum absolute atomic E-state index is 9.72. The van der Waals surface area contributed by atoms with Crippen molar-refractivity contribution >= 4 is 0 Å². The normalized spacial score (nSPS) is 12.6. The van der Waals surface area contributed by atoms with Gasteiger partial charge in [-0.25, -0.2) is 0 Å². The number of unbranched alkanes of at least 4 members (excludes halogenated alkanes) is 1. The first-order chi connectivity index (χ1) is 8.75. The summed E-state index contributed by atoms with van der Waals surface area (Å²) in [6.45, 7) is 6.81. The van der Waals surface area contributed by atoms with E-state index >= 15 is 0 Å². The van der Waals surface area contributed by atoms with Gasteiger partial charge in [0, 0.05) is 24.8 Å². The zero-order valence-electron chi connectivity index (χ0n) is 11.5. The van der Waals surface area contributed by atoms with E-state index in [0.717, 1.165) is 38.2 Å². The van der Waals surface area contributed by atoms with Crippen LogP contribution < -0.4 is 5.32 Å². The molecule has 1 unspecified atom stereocenters. The lowest BCUT2D eigenvalue weighted by atomic mass is 10.1. The monoisotopic (exact) mass is 251 g/mol. The SMILES string of the molecule is CCCCOCCCNC(C)c1ccccc1O. The molecule has 0 spiro atoms. The van der Waals surface area contributed by atoms with E-state index in [1.807, 2.05) is 18.2 Å². The van der Waals surface area contributed by atoms with E-state index in [1.165, 1.54) is 6.42 Å². The van der Waals surface area contributed by atoms with Crippen molar-refractivity contribution in [2.75, 3.05) is 19.8 Å². The molecule has 1 aromatic carbocycles. The fourth-order valence-corrected chi connectivity index (χ4v) is 1.80. The number of hydrogen-bond acceptors (Lipinski definition) is 3.